The molecule has 0 aliphatic carbocycles. The zero-order chi connectivity index (χ0) is 14.7. The lowest BCUT2D eigenvalue weighted by molar-refractivity contribution is -0.146. The Balaban J connectivity index is 1.59. The lowest BCUT2D eigenvalue weighted by atomic mass is 9.81. The molecule has 3 heterocycles. The van der Waals surface area contributed by atoms with Gasteiger partial charge >= 0.3 is 0 Å². The number of nitrogens with zero attached hydrogens (tertiary/aromatic N) is 4. The van der Waals surface area contributed by atoms with E-state index in [9.17, 15) is 4.79 Å². The molecule has 0 saturated carbocycles. The molecule has 2 fully saturated rings. The maximum atomic E-state index is 12.7. The van der Waals surface area contributed by atoms with Crippen molar-refractivity contribution in [2.24, 2.45) is 5.41 Å². The number of aromatic nitrogens is 2. The topological polar surface area (TPSA) is 58.6 Å². The van der Waals surface area contributed by atoms with E-state index >= 15 is 0 Å². The van der Waals surface area contributed by atoms with Crippen LogP contribution in [0.3, 0.4) is 0 Å². The molecule has 2 saturated heterocycles. The van der Waals surface area contributed by atoms with Crippen molar-refractivity contribution >= 4 is 11.9 Å². The number of carbonyl (C=O) groups excluding carboxylic acids is 1. The van der Waals surface area contributed by atoms with Crippen molar-refractivity contribution in [3.05, 3.63) is 18.5 Å². The van der Waals surface area contributed by atoms with Gasteiger partial charge in [-0.25, -0.2) is 9.97 Å². The summed E-state index contributed by atoms with van der Waals surface area (Å²) in [5, 5.41) is 0. The molecule has 6 heteroatoms. The van der Waals surface area contributed by atoms with Gasteiger partial charge in [-0.1, -0.05) is 6.92 Å². The third kappa shape index (κ3) is 3.00. The van der Waals surface area contributed by atoms with Crippen molar-refractivity contribution in [1.29, 1.82) is 0 Å². The van der Waals surface area contributed by atoms with Crippen LogP contribution in [0.5, 0.6) is 0 Å². The van der Waals surface area contributed by atoms with E-state index in [0.29, 0.717) is 13.2 Å². The molecule has 0 radical (unpaired) electrons. The van der Waals surface area contributed by atoms with Crippen molar-refractivity contribution in [3.63, 3.8) is 0 Å². The van der Waals surface area contributed by atoms with E-state index in [1.807, 2.05) is 11.0 Å². The summed E-state index contributed by atoms with van der Waals surface area (Å²) >= 11 is 0. The van der Waals surface area contributed by atoms with Gasteiger partial charge in [-0.15, -0.1) is 0 Å². The van der Waals surface area contributed by atoms with E-state index in [4.69, 9.17) is 4.74 Å². The van der Waals surface area contributed by atoms with Crippen LogP contribution in [0.25, 0.3) is 0 Å². The third-order valence-electron chi connectivity index (χ3n) is 4.51. The molecule has 6 nitrogen and oxygen atoms in total. The van der Waals surface area contributed by atoms with Gasteiger partial charge in [0.25, 0.3) is 0 Å². The molecule has 0 aromatic carbocycles. The van der Waals surface area contributed by atoms with Crippen LogP contribution in [0, 0.1) is 5.41 Å². The van der Waals surface area contributed by atoms with E-state index in [-0.39, 0.29) is 11.3 Å². The second-order valence-electron chi connectivity index (χ2n) is 6.00. The predicted octanol–water partition coefficient (Wildman–Crippen LogP) is 0.942. The van der Waals surface area contributed by atoms with Crippen molar-refractivity contribution < 1.29 is 9.53 Å². The molecule has 1 aromatic rings. The van der Waals surface area contributed by atoms with Gasteiger partial charge in [0, 0.05) is 51.8 Å². The van der Waals surface area contributed by atoms with E-state index in [1.165, 1.54) is 0 Å². The van der Waals surface area contributed by atoms with Gasteiger partial charge in [-0.3, -0.25) is 4.79 Å². The summed E-state index contributed by atoms with van der Waals surface area (Å²) in [6.45, 7) is 6.54. The van der Waals surface area contributed by atoms with Crippen LogP contribution in [0.15, 0.2) is 18.5 Å². The van der Waals surface area contributed by atoms with Crippen LogP contribution < -0.4 is 4.90 Å². The van der Waals surface area contributed by atoms with Gasteiger partial charge < -0.3 is 14.5 Å². The number of carbonyl (C=O) groups is 1. The molecule has 2 aliphatic heterocycles. The van der Waals surface area contributed by atoms with Crippen molar-refractivity contribution in [3.8, 4) is 0 Å². The monoisotopic (exact) mass is 290 g/mol. The number of hydrogen-bond acceptors (Lipinski definition) is 5. The Kier molecular flexibility index (Phi) is 4.05. The standard InChI is InChI=1S/C15H22N4O2/c1-15(3-11-21-12-4-15)13(20)18-7-9-19(10-8-18)14-16-5-2-6-17-14/h2,5-6H,3-4,7-12H2,1H3. The highest BCUT2D eigenvalue weighted by Crippen LogP contribution is 2.32. The van der Waals surface area contributed by atoms with Gasteiger partial charge in [0.1, 0.15) is 0 Å². The summed E-state index contributed by atoms with van der Waals surface area (Å²) in [6.07, 6.45) is 5.16. The maximum absolute atomic E-state index is 12.7. The summed E-state index contributed by atoms with van der Waals surface area (Å²) < 4.78 is 5.38. The highest BCUT2D eigenvalue weighted by Gasteiger charge is 2.39. The number of amides is 1. The highest BCUT2D eigenvalue weighted by molar-refractivity contribution is 5.82. The second kappa shape index (κ2) is 5.97. The minimum absolute atomic E-state index is 0.246. The lowest BCUT2D eigenvalue weighted by Gasteiger charge is -2.41. The molecule has 1 aromatic heterocycles. The molecule has 2 aliphatic rings. The van der Waals surface area contributed by atoms with Crippen LogP contribution in [-0.2, 0) is 9.53 Å². The summed E-state index contributed by atoms with van der Waals surface area (Å²) in [4.78, 5) is 25.4. The first-order valence-electron chi connectivity index (χ1n) is 7.58. The largest absolute Gasteiger partial charge is 0.381 e. The first-order valence-corrected chi connectivity index (χ1v) is 7.58. The minimum atomic E-state index is -0.246. The smallest absolute Gasteiger partial charge is 0.228 e. The summed E-state index contributed by atoms with van der Waals surface area (Å²) in [5.74, 6) is 1.03. The summed E-state index contributed by atoms with van der Waals surface area (Å²) in [6, 6.07) is 1.81. The van der Waals surface area contributed by atoms with E-state index in [1.54, 1.807) is 12.4 Å². The predicted molar refractivity (Wildman–Crippen MR) is 79.0 cm³/mol. The van der Waals surface area contributed by atoms with Crippen LogP contribution in [0.2, 0.25) is 0 Å². The minimum Gasteiger partial charge on any atom is -0.381 e. The molecular formula is C15H22N4O2. The molecule has 0 spiro atoms. The number of ether oxygens (including phenoxy) is 1. The van der Waals surface area contributed by atoms with Crippen molar-refractivity contribution in [2.45, 2.75) is 19.8 Å². The van der Waals surface area contributed by atoms with Crippen LogP contribution in [0.1, 0.15) is 19.8 Å². The van der Waals surface area contributed by atoms with Crippen LogP contribution >= 0.6 is 0 Å². The Bertz CT molecular complexity index is 480. The normalized spacial score (nSPS) is 22.1. The van der Waals surface area contributed by atoms with E-state index in [2.05, 4.69) is 21.8 Å². The lowest BCUT2D eigenvalue weighted by Crippen LogP contribution is -2.54. The van der Waals surface area contributed by atoms with Crippen molar-refractivity contribution in [1.82, 2.24) is 14.9 Å². The zero-order valence-electron chi connectivity index (χ0n) is 12.5. The SMILES string of the molecule is CC1(C(=O)N2CCN(c3ncccn3)CC2)CCOCC1. The first kappa shape index (κ1) is 14.3. The summed E-state index contributed by atoms with van der Waals surface area (Å²) in [7, 11) is 0. The Hall–Kier alpha value is -1.69. The van der Waals surface area contributed by atoms with Gasteiger partial charge in [0.05, 0.1) is 5.41 Å². The van der Waals surface area contributed by atoms with E-state index in [0.717, 1.165) is 45.0 Å². The third-order valence-corrected chi connectivity index (χ3v) is 4.51. The maximum Gasteiger partial charge on any atom is 0.228 e. The molecule has 21 heavy (non-hydrogen) atoms. The Labute approximate surface area is 125 Å². The Morgan fingerprint density at radius 2 is 1.76 bits per heavy atom. The molecule has 0 N–H and O–H groups in total. The molecule has 0 atom stereocenters. The molecule has 114 valence electrons. The molecule has 3 rings (SSSR count). The highest BCUT2D eigenvalue weighted by atomic mass is 16.5. The zero-order valence-corrected chi connectivity index (χ0v) is 12.5. The number of hydrogen-bond donors (Lipinski definition) is 0. The molecule has 0 bridgehead atoms. The molecule has 1 amide bonds. The number of piperazine rings is 1. The summed E-state index contributed by atoms with van der Waals surface area (Å²) in [5.41, 5.74) is -0.246. The molecular weight excluding hydrogens is 268 g/mol. The fourth-order valence-corrected chi connectivity index (χ4v) is 2.98. The Morgan fingerprint density at radius 3 is 2.38 bits per heavy atom. The average Bonchev–Trinajstić information content (AvgIpc) is 2.56. The fraction of sp³-hybridized carbons (Fsp3) is 0.667. The van der Waals surface area contributed by atoms with Crippen LogP contribution in [-0.4, -0.2) is 60.2 Å². The number of anilines is 1. The van der Waals surface area contributed by atoms with Gasteiger partial charge in [0.2, 0.25) is 11.9 Å². The van der Waals surface area contributed by atoms with Gasteiger partial charge in [0.15, 0.2) is 0 Å². The Morgan fingerprint density at radius 1 is 1.14 bits per heavy atom. The fourth-order valence-electron chi connectivity index (χ4n) is 2.98. The van der Waals surface area contributed by atoms with Crippen LogP contribution in [0.4, 0.5) is 5.95 Å². The number of rotatable bonds is 2. The van der Waals surface area contributed by atoms with Crippen molar-refractivity contribution in [2.75, 3.05) is 44.3 Å². The van der Waals surface area contributed by atoms with E-state index < -0.39 is 0 Å². The quantitative estimate of drug-likeness (QED) is 0.811. The second-order valence-corrected chi connectivity index (χ2v) is 6.00. The van der Waals surface area contributed by atoms with Gasteiger partial charge in [-0.2, -0.15) is 0 Å². The van der Waals surface area contributed by atoms with Gasteiger partial charge in [-0.05, 0) is 18.9 Å². The molecule has 0 unspecified atom stereocenters. The first-order chi connectivity index (χ1) is 10.2. The average molecular weight is 290 g/mol.